The molecule has 12 rings (SSSR count). The van der Waals surface area contributed by atoms with Crippen LogP contribution in [0.3, 0.4) is 0 Å². The van der Waals surface area contributed by atoms with Gasteiger partial charge in [0.05, 0.1) is 37.1 Å². The smallest absolute Gasteiger partial charge is 0.162 e. The molecule has 0 N–H and O–H groups in total. The Morgan fingerprint density at radius 3 is 1.91 bits per heavy atom. The summed E-state index contributed by atoms with van der Waals surface area (Å²) in [4.78, 5) is 10.8. The normalized spacial score (nSPS) is 11.9. The van der Waals surface area contributed by atoms with Crippen LogP contribution in [0.5, 0.6) is 0 Å². The van der Waals surface area contributed by atoms with Gasteiger partial charge in [-0.05, 0) is 88.3 Å². The van der Waals surface area contributed by atoms with Crippen molar-refractivity contribution in [2.45, 2.75) is 0 Å². The van der Waals surface area contributed by atoms with Crippen molar-refractivity contribution >= 4 is 88.3 Å². The molecule has 272 valence electrons. The van der Waals surface area contributed by atoms with Gasteiger partial charge in [-0.3, -0.25) is 0 Å². The summed E-state index contributed by atoms with van der Waals surface area (Å²) >= 11 is 2.42. The Morgan fingerprint density at radius 1 is 0.414 bits per heavy atom. The summed E-state index contributed by atoms with van der Waals surface area (Å²) in [7, 11) is 0. The molecule has 6 heteroatoms. The molecule has 0 spiro atoms. The SMILES string of the molecule is Ic1c(-c2ccccc2)nc(-c2ccccc2-n2c3ccccc3c3c4oc5ccccc5c4ccc32)nc1-c1ccc2c(c1)oc1cccc(-c3ccccc3)c12. The largest absolute Gasteiger partial charge is 0.456 e. The van der Waals surface area contributed by atoms with Crippen LogP contribution < -0.4 is 0 Å². The van der Waals surface area contributed by atoms with Gasteiger partial charge in [-0.1, -0.05) is 127 Å². The highest BCUT2D eigenvalue weighted by molar-refractivity contribution is 14.1. The van der Waals surface area contributed by atoms with Crippen molar-refractivity contribution in [3.63, 3.8) is 0 Å². The molecule has 0 bridgehead atoms. The Kier molecular flexibility index (Phi) is 7.43. The molecule has 4 aromatic heterocycles. The number of aromatic nitrogens is 3. The molecule has 4 heterocycles. The molecule has 0 fully saturated rings. The first-order chi connectivity index (χ1) is 28.7. The molecule has 0 aliphatic carbocycles. The van der Waals surface area contributed by atoms with E-state index in [0.717, 1.165) is 114 Å². The molecule has 12 aromatic rings. The summed E-state index contributed by atoms with van der Waals surface area (Å²) in [5.74, 6) is 0.636. The second kappa shape index (κ2) is 13.0. The van der Waals surface area contributed by atoms with E-state index in [2.05, 4.69) is 179 Å². The molecular formula is C52H30IN3O2. The van der Waals surface area contributed by atoms with E-state index in [9.17, 15) is 0 Å². The summed E-state index contributed by atoms with van der Waals surface area (Å²) in [6.07, 6.45) is 0. The van der Waals surface area contributed by atoms with E-state index in [-0.39, 0.29) is 0 Å². The Labute approximate surface area is 346 Å². The molecule has 0 aliphatic rings. The predicted octanol–water partition coefficient (Wildman–Crippen LogP) is 14.6. The van der Waals surface area contributed by atoms with E-state index in [4.69, 9.17) is 18.8 Å². The molecule has 5 nitrogen and oxygen atoms in total. The summed E-state index contributed by atoms with van der Waals surface area (Å²) in [6.45, 7) is 0. The zero-order chi connectivity index (χ0) is 38.3. The van der Waals surface area contributed by atoms with Crippen molar-refractivity contribution in [1.82, 2.24) is 14.5 Å². The monoisotopic (exact) mass is 855 g/mol. The molecular weight excluding hydrogens is 825 g/mol. The first-order valence-electron chi connectivity index (χ1n) is 19.3. The second-order valence-corrected chi connectivity index (χ2v) is 15.7. The standard InChI is InChI=1S/C52H30IN3O2/c53-48-49(32-16-5-2-6-17-32)54-52(55-50(48)33-26-27-39-45(30-33)57-44-25-13-21-34(46(39)44)31-14-3-1-4-15-31)38-20-8-11-23-41(38)56-40-22-10-7-19-37(40)47-42(56)29-28-36-35-18-9-12-24-43(35)58-51(36)47/h1-30H. The van der Waals surface area contributed by atoms with Crippen molar-refractivity contribution in [1.29, 1.82) is 0 Å². The Morgan fingerprint density at radius 2 is 1.07 bits per heavy atom. The first kappa shape index (κ1) is 33.1. The number of nitrogens with zero attached hydrogens (tertiary/aromatic N) is 3. The number of rotatable bonds is 5. The lowest BCUT2D eigenvalue weighted by molar-refractivity contribution is 0.669. The minimum atomic E-state index is 0.636. The topological polar surface area (TPSA) is 57.0 Å². The lowest BCUT2D eigenvalue weighted by Crippen LogP contribution is -2.03. The number of hydrogen-bond acceptors (Lipinski definition) is 4. The van der Waals surface area contributed by atoms with Crippen LogP contribution in [0.1, 0.15) is 0 Å². The molecule has 0 amide bonds. The van der Waals surface area contributed by atoms with Crippen molar-refractivity contribution in [3.8, 4) is 50.7 Å². The van der Waals surface area contributed by atoms with E-state index in [1.54, 1.807) is 0 Å². The number of para-hydroxylation sites is 3. The average molecular weight is 856 g/mol. The van der Waals surface area contributed by atoms with Crippen LogP contribution in [-0.2, 0) is 0 Å². The highest BCUT2D eigenvalue weighted by atomic mass is 127. The van der Waals surface area contributed by atoms with Crippen LogP contribution in [0.25, 0.3) is 116 Å². The maximum atomic E-state index is 6.61. The molecule has 0 saturated heterocycles. The zero-order valence-electron chi connectivity index (χ0n) is 30.9. The summed E-state index contributed by atoms with van der Waals surface area (Å²) < 4.78 is 16.5. The van der Waals surface area contributed by atoms with Crippen LogP contribution >= 0.6 is 22.6 Å². The second-order valence-electron chi connectivity index (χ2n) is 14.6. The fourth-order valence-corrected chi connectivity index (χ4v) is 9.59. The maximum absolute atomic E-state index is 6.61. The highest BCUT2D eigenvalue weighted by Gasteiger charge is 2.23. The Balaban J connectivity index is 1.09. The van der Waals surface area contributed by atoms with Crippen LogP contribution in [0.15, 0.2) is 191 Å². The molecule has 58 heavy (non-hydrogen) atoms. The van der Waals surface area contributed by atoms with Crippen molar-refractivity contribution in [2.24, 2.45) is 0 Å². The quantitative estimate of drug-likeness (QED) is 0.162. The van der Waals surface area contributed by atoms with Gasteiger partial charge in [0.1, 0.15) is 22.3 Å². The van der Waals surface area contributed by atoms with Gasteiger partial charge < -0.3 is 13.4 Å². The van der Waals surface area contributed by atoms with Gasteiger partial charge in [-0.15, -0.1) is 0 Å². The van der Waals surface area contributed by atoms with E-state index in [1.807, 2.05) is 30.3 Å². The molecule has 0 unspecified atom stereocenters. The zero-order valence-corrected chi connectivity index (χ0v) is 33.0. The van der Waals surface area contributed by atoms with Crippen molar-refractivity contribution in [2.75, 3.05) is 0 Å². The number of hydrogen-bond donors (Lipinski definition) is 0. The van der Waals surface area contributed by atoms with Gasteiger partial charge in [0.15, 0.2) is 5.82 Å². The highest BCUT2D eigenvalue weighted by Crippen LogP contribution is 2.44. The third-order valence-corrected chi connectivity index (χ3v) is 12.3. The van der Waals surface area contributed by atoms with E-state index < -0.39 is 0 Å². The van der Waals surface area contributed by atoms with Gasteiger partial charge in [0.25, 0.3) is 0 Å². The van der Waals surface area contributed by atoms with Crippen LogP contribution in [0, 0.1) is 3.57 Å². The van der Waals surface area contributed by atoms with Gasteiger partial charge in [-0.25, -0.2) is 9.97 Å². The summed E-state index contributed by atoms with van der Waals surface area (Å²) in [5, 5.41) is 6.61. The Bertz CT molecular complexity index is 3580. The average Bonchev–Trinajstić information content (AvgIpc) is 3.96. The van der Waals surface area contributed by atoms with Crippen LogP contribution in [-0.4, -0.2) is 14.5 Å². The lowest BCUT2D eigenvalue weighted by Gasteiger charge is -2.16. The van der Waals surface area contributed by atoms with E-state index in [1.165, 1.54) is 0 Å². The minimum Gasteiger partial charge on any atom is -0.456 e. The number of furan rings is 2. The fraction of sp³-hybridized carbons (Fsp3) is 0. The molecule has 8 aromatic carbocycles. The van der Waals surface area contributed by atoms with E-state index in [0.29, 0.717) is 5.82 Å². The predicted molar refractivity (Wildman–Crippen MR) is 245 cm³/mol. The Hall–Kier alpha value is -7.03. The molecule has 0 saturated carbocycles. The van der Waals surface area contributed by atoms with Gasteiger partial charge in [-0.2, -0.15) is 0 Å². The van der Waals surface area contributed by atoms with Gasteiger partial charge in [0.2, 0.25) is 0 Å². The lowest BCUT2D eigenvalue weighted by atomic mass is 9.98. The summed E-state index contributed by atoms with van der Waals surface area (Å²) in [6, 6.07) is 63.3. The van der Waals surface area contributed by atoms with Crippen LogP contribution in [0.2, 0.25) is 0 Å². The number of benzene rings is 8. The number of halogens is 1. The minimum absolute atomic E-state index is 0.636. The van der Waals surface area contributed by atoms with Gasteiger partial charge in [0, 0.05) is 43.6 Å². The number of fused-ring (bicyclic) bond motifs is 10. The van der Waals surface area contributed by atoms with Crippen molar-refractivity contribution < 1.29 is 8.83 Å². The van der Waals surface area contributed by atoms with Crippen molar-refractivity contribution in [3.05, 3.63) is 186 Å². The molecule has 0 radical (unpaired) electrons. The maximum Gasteiger partial charge on any atom is 0.162 e. The molecule has 0 atom stereocenters. The molecule has 0 aliphatic heterocycles. The third kappa shape index (κ3) is 5.01. The van der Waals surface area contributed by atoms with Crippen LogP contribution in [0.4, 0.5) is 0 Å². The third-order valence-electron chi connectivity index (χ3n) is 11.3. The van der Waals surface area contributed by atoms with E-state index >= 15 is 0 Å². The van der Waals surface area contributed by atoms with Gasteiger partial charge >= 0.3 is 0 Å². The summed E-state index contributed by atoms with van der Waals surface area (Å²) in [5.41, 5.74) is 13.5. The first-order valence-corrected chi connectivity index (χ1v) is 20.3. The fourth-order valence-electron chi connectivity index (χ4n) is 8.73.